The van der Waals surface area contributed by atoms with E-state index in [1.165, 1.54) is 5.56 Å². The highest BCUT2D eigenvalue weighted by molar-refractivity contribution is 4.99. The van der Waals surface area contributed by atoms with E-state index in [-0.39, 0.29) is 0 Å². The smallest absolute Gasteiger partial charge is 0.0554 e. The van der Waals surface area contributed by atoms with Crippen molar-refractivity contribution in [1.82, 2.24) is 9.78 Å². The van der Waals surface area contributed by atoms with Crippen molar-refractivity contribution in [2.24, 2.45) is 5.92 Å². The van der Waals surface area contributed by atoms with E-state index in [1.54, 1.807) is 0 Å². The number of aryl methyl sites for hydroxylation is 1. The predicted molar refractivity (Wildman–Crippen MR) is 59.7 cm³/mol. The Morgan fingerprint density at radius 1 is 1.40 bits per heavy atom. The molecule has 3 heteroatoms. The zero-order chi connectivity index (χ0) is 10.8. The van der Waals surface area contributed by atoms with Gasteiger partial charge >= 0.3 is 0 Å². The molecule has 3 nitrogen and oxygen atoms in total. The molecule has 0 N–H and O–H groups in total. The van der Waals surface area contributed by atoms with Crippen LogP contribution in [0.15, 0.2) is 12.4 Å². The summed E-state index contributed by atoms with van der Waals surface area (Å²) < 4.78 is 7.79. The summed E-state index contributed by atoms with van der Waals surface area (Å²) in [7, 11) is 0. The lowest BCUT2D eigenvalue weighted by molar-refractivity contribution is -0.0553. The second-order valence-electron chi connectivity index (χ2n) is 4.83. The Bertz CT molecular complexity index is 311. The lowest BCUT2D eigenvalue weighted by Crippen LogP contribution is -2.31. The first-order valence-electron chi connectivity index (χ1n) is 5.78. The van der Waals surface area contributed by atoms with Crippen LogP contribution in [-0.2, 0) is 11.3 Å². The Hall–Kier alpha value is -0.830. The summed E-state index contributed by atoms with van der Waals surface area (Å²) in [5, 5.41) is 4.34. The van der Waals surface area contributed by atoms with Gasteiger partial charge in [-0.05, 0) is 45.1 Å². The maximum Gasteiger partial charge on any atom is 0.0554 e. The van der Waals surface area contributed by atoms with Crippen molar-refractivity contribution in [1.29, 1.82) is 0 Å². The zero-order valence-electron chi connectivity index (χ0n) is 9.81. The molecule has 1 aliphatic rings. The Balaban J connectivity index is 1.94. The number of rotatable bonds is 2. The minimum atomic E-state index is 0.399. The van der Waals surface area contributed by atoms with E-state index in [1.807, 2.05) is 6.20 Å². The highest BCUT2D eigenvalue weighted by Crippen LogP contribution is 2.25. The molecular weight excluding hydrogens is 188 g/mol. The third-order valence-electron chi connectivity index (χ3n) is 3.00. The minimum Gasteiger partial charge on any atom is -0.376 e. The van der Waals surface area contributed by atoms with Crippen LogP contribution >= 0.6 is 0 Å². The molecule has 0 amide bonds. The average Bonchev–Trinajstić information content (AvgIpc) is 2.49. The molecule has 1 aliphatic heterocycles. The predicted octanol–water partition coefficient (Wildman–Crippen LogP) is 2.40. The standard InChI is InChI=1S/C12H20N2O/c1-9-6-13-14(7-9)8-12-4-10(2)15-11(3)5-12/h6-7,10-12H,4-5,8H2,1-3H3/t10-,11+,12?. The quantitative estimate of drug-likeness (QED) is 0.746. The molecule has 1 fully saturated rings. The lowest BCUT2D eigenvalue weighted by atomic mass is 9.93. The number of ether oxygens (including phenoxy) is 1. The summed E-state index contributed by atoms with van der Waals surface area (Å²) in [5.41, 5.74) is 1.24. The van der Waals surface area contributed by atoms with Crippen LogP contribution in [0.25, 0.3) is 0 Å². The average molecular weight is 208 g/mol. The highest BCUT2D eigenvalue weighted by Gasteiger charge is 2.24. The van der Waals surface area contributed by atoms with Crippen LogP contribution in [0.4, 0.5) is 0 Å². The van der Waals surface area contributed by atoms with Crippen LogP contribution in [-0.4, -0.2) is 22.0 Å². The molecule has 1 aromatic rings. The van der Waals surface area contributed by atoms with E-state index < -0.39 is 0 Å². The second kappa shape index (κ2) is 4.35. The molecule has 2 heterocycles. The maximum atomic E-state index is 5.73. The van der Waals surface area contributed by atoms with Gasteiger partial charge in [-0.2, -0.15) is 5.10 Å². The van der Waals surface area contributed by atoms with Gasteiger partial charge in [0.05, 0.1) is 18.4 Å². The van der Waals surface area contributed by atoms with Crippen molar-refractivity contribution < 1.29 is 4.74 Å². The van der Waals surface area contributed by atoms with Crippen LogP contribution < -0.4 is 0 Å². The van der Waals surface area contributed by atoms with Gasteiger partial charge in [0.2, 0.25) is 0 Å². The zero-order valence-corrected chi connectivity index (χ0v) is 9.81. The van der Waals surface area contributed by atoms with Gasteiger partial charge in [0.25, 0.3) is 0 Å². The van der Waals surface area contributed by atoms with Crippen molar-refractivity contribution in [2.45, 2.75) is 52.4 Å². The maximum absolute atomic E-state index is 5.73. The number of aromatic nitrogens is 2. The van der Waals surface area contributed by atoms with E-state index in [0.29, 0.717) is 18.1 Å². The first-order chi connectivity index (χ1) is 7.13. The van der Waals surface area contributed by atoms with Gasteiger partial charge in [-0.15, -0.1) is 0 Å². The van der Waals surface area contributed by atoms with E-state index in [4.69, 9.17) is 4.74 Å². The summed E-state index contributed by atoms with van der Waals surface area (Å²) in [4.78, 5) is 0. The van der Waals surface area contributed by atoms with Crippen LogP contribution in [0.1, 0.15) is 32.3 Å². The molecule has 2 rings (SSSR count). The third kappa shape index (κ3) is 2.81. The fourth-order valence-electron chi connectivity index (χ4n) is 2.52. The molecule has 84 valence electrons. The molecule has 0 aliphatic carbocycles. The van der Waals surface area contributed by atoms with Gasteiger partial charge in [-0.3, -0.25) is 4.68 Å². The van der Waals surface area contributed by atoms with Crippen LogP contribution in [0.2, 0.25) is 0 Å². The van der Waals surface area contributed by atoms with Gasteiger partial charge in [-0.1, -0.05) is 0 Å². The number of hydrogen-bond donors (Lipinski definition) is 0. The van der Waals surface area contributed by atoms with Gasteiger partial charge in [0, 0.05) is 12.7 Å². The molecule has 0 bridgehead atoms. The normalized spacial score (nSPS) is 31.8. The molecule has 0 spiro atoms. The lowest BCUT2D eigenvalue weighted by Gasteiger charge is -2.31. The summed E-state index contributed by atoms with van der Waals surface area (Å²) in [5.74, 6) is 0.711. The summed E-state index contributed by atoms with van der Waals surface area (Å²) >= 11 is 0. The topological polar surface area (TPSA) is 27.1 Å². The molecule has 0 saturated carbocycles. The van der Waals surface area contributed by atoms with E-state index in [9.17, 15) is 0 Å². The molecular formula is C12H20N2O. The number of nitrogens with zero attached hydrogens (tertiary/aromatic N) is 2. The van der Waals surface area contributed by atoms with E-state index in [0.717, 1.165) is 19.4 Å². The fraction of sp³-hybridized carbons (Fsp3) is 0.750. The molecule has 1 unspecified atom stereocenters. The van der Waals surface area contributed by atoms with Gasteiger partial charge in [0.15, 0.2) is 0 Å². The number of hydrogen-bond acceptors (Lipinski definition) is 2. The SMILES string of the molecule is Cc1cnn(CC2C[C@@H](C)O[C@@H](C)C2)c1. The van der Waals surface area contributed by atoms with Crippen molar-refractivity contribution >= 4 is 0 Å². The first-order valence-corrected chi connectivity index (χ1v) is 5.78. The minimum absolute atomic E-state index is 0.399. The Morgan fingerprint density at radius 2 is 2.07 bits per heavy atom. The second-order valence-corrected chi connectivity index (χ2v) is 4.83. The monoisotopic (exact) mass is 208 g/mol. The van der Waals surface area contributed by atoms with Gasteiger partial charge in [-0.25, -0.2) is 0 Å². The van der Waals surface area contributed by atoms with Crippen LogP contribution in [0.3, 0.4) is 0 Å². The Kier molecular flexibility index (Phi) is 3.10. The largest absolute Gasteiger partial charge is 0.376 e. The van der Waals surface area contributed by atoms with E-state index in [2.05, 4.69) is 36.7 Å². The van der Waals surface area contributed by atoms with Gasteiger partial charge < -0.3 is 4.74 Å². The van der Waals surface area contributed by atoms with Gasteiger partial charge in [0.1, 0.15) is 0 Å². The Morgan fingerprint density at radius 3 is 2.60 bits per heavy atom. The molecule has 1 aromatic heterocycles. The van der Waals surface area contributed by atoms with Crippen molar-refractivity contribution in [3.8, 4) is 0 Å². The van der Waals surface area contributed by atoms with Crippen molar-refractivity contribution in [3.63, 3.8) is 0 Å². The summed E-state index contributed by atoms with van der Waals surface area (Å²) in [6.45, 7) is 7.44. The Labute approximate surface area is 91.4 Å². The van der Waals surface area contributed by atoms with Crippen molar-refractivity contribution in [2.75, 3.05) is 0 Å². The van der Waals surface area contributed by atoms with Crippen molar-refractivity contribution in [3.05, 3.63) is 18.0 Å². The van der Waals surface area contributed by atoms with Crippen LogP contribution in [0, 0.1) is 12.8 Å². The first kappa shape index (κ1) is 10.7. The summed E-state index contributed by atoms with van der Waals surface area (Å²) in [6.07, 6.45) is 7.15. The molecule has 15 heavy (non-hydrogen) atoms. The molecule has 0 aromatic carbocycles. The molecule has 3 atom stereocenters. The fourth-order valence-corrected chi connectivity index (χ4v) is 2.52. The molecule has 0 radical (unpaired) electrons. The third-order valence-corrected chi connectivity index (χ3v) is 3.00. The molecule has 1 saturated heterocycles. The highest BCUT2D eigenvalue weighted by atomic mass is 16.5. The summed E-state index contributed by atoms with van der Waals surface area (Å²) in [6, 6.07) is 0. The van der Waals surface area contributed by atoms with E-state index >= 15 is 0 Å². The van der Waals surface area contributed by atoms with Crippen LogP contribution in [0.5, 0.6) is 0 Å².